The van der Waals surface area contributed by atoms with Gasteiger partial charge in [-0.25, -0.2) is 14.8 Å². The molecule has 7 heteroatoms. The zero-order valence-electron chi connectivity index (χ0n) is 17.6. The highest BCUT2D eigenvalue weighted by molar-refractivity contribution is 6.08. The van der Waals surface area contributed by atoms with Gasteiger partial charge in [-0.05, 0) is 42.2 Å². The highest BCUT2D eigenvalue weighted by Crippen LogP contribution is 2.30. The van der Waals surface area contributed by atoms with Gasteiger partial charge in [0.1, 0.15) is 11.3 Å². The molecule has 0 atom stereocenters. The Hall–Kier alpha value is -3.45. The number of nitrogens with zero attached hydrogens (tertiary/aromatic N) is 3. The Labute approximate surface area is 180 Å². The molecule has 0 saturated carbocycles. The number of carbonyl (C=O) groups is 1. The molecule has 7 nitrogen and oxygen atoms in total. The minimum Gasteiger partial charge on any atom is -0.478 e. The number of rotatable bonds is 8. The molecular weight excluding hydrogens is 390 g/mol. The number of nitrogen functional groups attached to an aromatic ring is 1. The van der Waals surface area contributed by atoms with Gasteiger partial charge in [-0.15, -0.1) is 0 Å². The maximum atomic E-state index is 11.4. The van der Waals surface area contributed by atoms with Crippen molar-refractivity contribution in [2.45, 2.75) is 45.7 Å². The number of carboxylic acids is 1. The second-order valence-corrected chi connectivity index (χ2v) is 7.79. The highest BCUT2D eigenvalue weighted by Gasteiger charge is 2.18. The SMILES string of the molecule is CCCCc1nc2c(N)nc3cc(C(=O)O)ccc3c2n1CCc1ccc(CN)cc1. The van der Waals surface area contributed by atoms with Gasteiger partial charge >= 0.3 is 5.97 Å². The van der Waals surface area contributed by atoms with Gasteiger partial charge in [0.25, 0.3) is 0 Å². The Morgan fingerprint density at radius 3 is 2.48 bits per heavy atom. The van der Waals surface area contributed by atoms with E-state index in [4.69, 9.17) is 16.5 Å². The molecule has 4 rings (SSSR count). The highest BCUT2D eigenvalue weighted by atomic mass is 16.4. The van der Waals surface area contributed by atoms with E-state index in [0.717, 1.165) is 54.5 Å². The van der Waals surface area contributed by atoms with Crippen LogP contribution < -0.4 is 11.5 Å². The Bertz CT molecular complexity index is 1240. The van der Waals surface area contributed by atoms with Crippen LogP contribution in [0, 0.1) is 0 Å². The van der Waals surface area contributed by atoms with E-state index in [1.165, 1.54) is 5.56 Å². The maximum absolute atomic E-state index is 11.4. The fourth-order valence-corrected chi connectivity index (χ4v) is 3.94. The Morgan fingerprint density at radius 2 is 1.81 bits per heavy atom. The summed E-state index contributed by atoms with van der Waals surface area (Å²) in [7, 11) is 0. The molecule has 0 aliphatic heterocycles. The molecule has 160 valence electrons. The van der Waals surface area contributed by atoms with Crippen LogP contribution >= 0.6 is 0 Å². The summed E-state index contributed by atoms with van der Waals surface area (Å²) in [6.45, 7) is 3.44. The summed E-state index contributed by atoms with van der Waals surface area (Å²) in [6, 6.07) is 13.3. The lowest BCUT2D eigenvalue weighted by molar-refractivity contribution is 0.0697. The summed E-state index contributed by atoms with van der Waals surface area (Å²) < 4.78 is 2.22. The van der Waals surface area contributed by atoms with Crippen LogP contribution in [0.5, 0.6) is 0 Å². The lowest BCUT2D eigenvalue weighted by Crippen LogP contribution is -2.07. The number of unbranched alkanes of at least 4 members (excludes halogenated alkanes) is 1. The van der Waals surface area contributed by atoms with E-state index < -0.39 is 5.97 Å². The van der Waals surface area contributed by atoms with Crippen LogP contribution in [0.3, 0.4) is 0 Å². The lowest BCUT2D eigenvalue weighted by Gasteiger charge is -2.12. The van der Waals surface area contributed by atoms with E-state index >= 15 is 0 Å². The van der Waals surface area contributed by atoms with Crippen molar-refractivity contribution in [1.29, 1.82) is 0 Å². The fourth-order valence-electron chi connectivity index (χ4n) is 3.94. The van der Waals surface area contributed by atoms with Gasteiger partial charge in [-0.2, -0.15) is 0 Å². The number of fused-ring (bicyclic) bond motifs is 3. The van der Waals surface area contributed by atoms with Crippen LogP contribution in [0.4, 0.5) is 5.82 Å². The number of aromatic nitrogens is 3. The predicted octanol–water partition coefficient (Wildman–Crippen LogP) is 3.91. The number of aromatic carboxylic acids is 1. The zero-order valence-corrected chi connectivity index (χ0v) is 17.6. The minimum atomic E-state index is -0.986. The topological polar surface area (TPSA) is 120 Å². The van der Waals surface area contributed by atoms with E-state index in [1.807, 2.05) is 6.07 Å². The van der Waals surface area contributed by atoms with Crippen molar-refractivity contribution >= 4 is 33.7 Å². The molecule has 0 radical (unpaired) electrons. The molecule has 2 heterocycles. The molecule has 0 bridgehead atoms. The average Bonchev–Trinajstić information content (AvgIpc) is 3.15. The first-order valence-electron chi connectivity index (χ1n) is 10.6. The van der Waals surface area contributed by atoms with E-state index in [9.17, 15) is 9.90 Å². The summed E-state index contributed by atoms with van der Waals surface area (Å²) in [5.41, 5.74) is 16.7. The van der Waals surface area contributed by atoms with Crippen molar-refractivity contribution in [3.63, 3.8) is 0 Å². The second kappa shape index (κ2) is 8.73. The van der Waals surface area contributed by atoms with Gasteiger partial charge in [0.15, 0.2) is 5.82 Å². The van der Waals surface area contributed by atoms with Crippen molar-refractivity contribution in [3.8, 4) is 0 Å². The van der Waals surface area contributed by atoms with E-state index in [2.05, 4.69) is 40.7 Å². The summed E-state index contributed by atoms with van der Waals surface area (Å²) in [5, 5.41) is 10.2. The molecule has 2 aromatic heterocycles. The number of carboxylic acid groups (broad SMARTS) is 1. The van der Waals surface area contributed by atoms with E-state index in [-0.39, 0.29) is 5.56 Å². The summed E-state index contributed by atoms with van der Waals surface area (Å²) in [4.78, 5) is 20.7. The summed E-state index contributed by atoms with van der Waals surface area (Å²) in [6.07, 6.45) is 3.79. The van der Waals surface area contributed by atoms with E-state index in [0.29, 0.717) is 23.4 Å². The Balaban J connectivity index is 1.82. The van der Waals surface area contributed by atoms with Gasteiger partial charge in [0, 0.05) is 24.9 Å². The van der Waals surface area contributed by atoms with Crippen molar-refractivity contribution < 1.29 is 9.90 Å². The fraction of sp³-hybridized carbons (Fsp3) is 0.292. The van der Waals surface area contributed by atoms with Crippen molar-refractivity contribution in [1.82, 2.24) is 14.5 Å². The van der Waals surface area contributed by atoms with Gasteiger partial charge in [0.2, 0.25) is 0 Å². The molecule has 2 aromatic carbocycles. The number of imidazole rings is 1. The van der Waals surface area contributed by atoms with Gasteiger partial charge in [0.05, 0.1) is 16.6 Å². The van der Waals surface area contributed by atoms with Crippen molar-refractivity contribution in [3.05, 3.63) is 65.0 Å². The number of nitrogens with two attached hydrogens (primary N) is 2. The molecule has 0 saturated heterocycles. The number of hydrogen-bond donors (Lipinski definition) is 3. The lowest BCUT2D eigenvalue weighted by atomic mass is 10.1. The normalized spacial score (nSPS) is 11.4. The predicted molar refractivity (Wildman–Crippen MR) is 123 cm³/mol. The smallest absolute Gasteiger partial charge is 0.335 e. The minimum absolute atomic E-state index is 0.191. The third-order valence-electron chi connectivity index (χ3n) is 5.67. The third kappa shape index (κ3) is 4.09. The molecular formula is C24H27N5O2. The standard InChI is InChI=1S/C24H27N5O2/c1-2-3-4-20-28-21-22(29(20)12-11-15-5-7-16(14-25)8-6-15)18-10-9-17(24(30)31)13-19(18)27-23(21)26/h5-10,13H,2-4,11-12,14,25H2,1H3,(H2,26,27)(H,30,31). The molecule has 0 fully saturated rings. The van der Waals surface area contributed by atoms with Gasteiger partial charge < -0.3 is 21.1 Å². The van der Waals surface area contributed by atoms with Crippen LogP contribution in [0.1, 0.15) is 47.1 Å². The molecule has 31 heavy (non-hydrogen) atoms. The van der Waals surface area contributed by atoms with Crippen LogP contribution in [-0.2, 0) is 25.9 Å². The number of benzene rings is 2. The zero-order chi connectivity index (χ0) is 22.0. The molecule has 4 aromatic rings. The number of pyridine rings is 1. The van der Waals surface area contributed by atoms with Gasteiger partial charge in [-0.1, -0.05) is 37.6 Å². The summed E-state index contributed by atoms with van der Waals surface area (Å²) in [5.74, 6) is 0.327. The maximum Gasteiger partial charge on any atom is 0.335 e. The molecule has 0 spiro atoms. The average molecular weight is 418 g/mol. The van der Waals surface area contributed by atoms with Gasteiger partial charge in [-0.3, -0.25) is 0 Å². The first-order valence-corrected chi connectivity index (χ1v) is 10.6. The second-order valence-electron chi connectivity index (χ2n) is 7.79. The molecule has 5 N–H and O–H groups in total. The molecule has 0 aliphatic rings. The molecule has 0 unspecified atom stereocenters. The first kappa shape index (κ1) is 20.8. The van der Waals surface area contributed by atoms with Crippen LogP contribution in [0.15, 0.2) is 42.5 Å². The first-order chi connectivity index (χ1) is 15.0. The number of hydrogen-bond acceptors (Lipinski definition) is 5. The monoisotopic (exact) mass is 417 g/mol. The van der Waals surface area contributed by atoms with Crippen molar-refractivity contribution in [2.24, 2.45) is 5.73 Å². The summed E-state index contributed by atoms with van der Waals surface area (Å²) >= 11 is 0. The quantitative estimate of drug-likeness (QED) is 0.400. The molecule has 0 aliphatic carbocycles. The largest absolute Gasteiger partial charge is 0.478 e. The number of anilines is 1. The van der Waals surface area contributed by atoms with Crippen LogP contribution in [0.25, 0.3) is 21.9 Å². The van der Waals surface area contributed by atoms with Crippen LogP contribution in [-0.4, -0.2) is 25.6 Å². The Kier molecular flexibility index (Phi) is 5.86. The van der Waals surface area contributed by atoms with Crippen molar-refractivity contribution in [2.75, 3.05) is 5.73 Å². The van der Waals surface area contributed by atoms with E-state index in [1.54, 1.807) is 12.1 Å². The number of aryl methyl sites for hydroxylation is 3. The molecule has 0 amide bonds. The Morgan fingerprint density at radius 1 is 1.06 bits per heavy atom. The third-order valence-corrected chi connectivity index (χ3v) is 5.67. The van der Waals surface area contributed by atoms with Crippen LogP contribution in [0.2, 0.25) is 0 Å².